The third kappa shape index (κ3) is 3.81. The van der Waals surface area contributed by atoms with Crippen molar-refractivity contribution in [1.82, 2.24) is 0 Å². The van der Waals surface area contributed by atoms with Crippen molar-refractivity contribution >= 4 is 22.9 Å². The molecule has 0 aromatic heterocycles. The number of hydrogen-bond acceptors (Lipinski definition) is 2. The second kappa shape index (κ2) is 5.30. The lowest BCUT2D eigenvalue weighted by molar-refractivity contribution is 0.511. The SMILES string of the molecule is CCCC(C)(C)Nc1ccc(C(N)=S)cc1. The van der Waals surface area contributed by atoms with E-state index in [-0.39, 0.29) is 5.54 Å². The molecule has 0 bridgehead atoms. The predicted octanol–water partition coefficient (Wildman–Crippen LogP) is 3.31. The Morgan fingerprint density at radius 2 is 1.88 bits per heavy atom. The van der Waals surface area contributed by atoms with Gasteiger partial charge in [-0.1, -0.05) is 25.6 Å². The lowest BCUT2D eigenvalue weighted by Crippen LogP contribution is -2.30. The molecule has 1 rings (SSSR count). The minimum Gasteiger partial charge on any atom is -0.389 e. The topological polar surface area (TPSA) is 38.0 Å². The molecule has 0 aliphatic rings. The summed E-state index contributed by atoms with van der Waals surface area (Å²) in [7, 11) is 0. The van der Waals surface area contributed by atoms with Gasteiger partial charge in [-0.25, -0.2) is 0 Å². The standard InChI is InChI=1S/C13H20N2S/c1-4-9-13(2,3)15-11-7-5-10(6-8-11)12(14)16/h5-8,15H,4,9H2,1-3H3,(H2,14,16). The minimum atomic E-state index is 0.124. The summed E-state index contributed by atoms with van der Waals surface area (Å²) in [6.07, 6.45) is 2.31. The molecule has 3 heteroatoms. The number of hydrogen-bond donors (Lipinski definition) is 2. The highest BCUT2D eigenvalue weighted by Gasteiger charge is 2.15. The van der Waals surface area contributed by atoms with Gasteiger partial charge in [0, 0.05) is 16.8 Å². The van der Waals surface area contributed by atoms with Crippen LogP contribution in [0.3, 0.4) is 0 Å². The van der Waals surface area contributed by atoms with E-state index in [1.165, 1.54) is 6.42 Å². The van der Waals surface area contributed by atoms with E-state index in [2.05, 4.69) is 26.1 Å². The zero-order valence-corrected chi connectivity index (χ0v) is 11.0. The van der Waals surface area contributed by atoms with Gasteiger partial charge in [0.25, 0.3) is 0 Å². The maximum Gasteiger partial charge on any atom is 0.103 e. The van der Waals surface area contributed by atoms with Crippen LogP contribution in [0.15, 0.2) is 24.3 Å². The fourth-order valence-electron chi connectivity index (χ4n) is 1.80. The Bertz CT molecular complexity index is 355. The Hall–Kier alpha value is -1.09. The summed E-state index contributed by atoms with van der Waals surface area (Å²) in [6.45, 7) is 6.61. The van der Waals surface area contributed by atoms with E-state index >= 15 is 0 Å². The van der Waals surface area contributed by atoms with Crippen LogP contribution in [0.5, 0.6) is 0 Å². The highest BCUT2D eigenvalue weighted by atomic mass is 32.1. The van der Waals surface area contributed by atoms with Crippen LogP contribution in [0.1, 0.15) is 39.2 Å². The van der Waals surface area contributed by atoms with Gasteiger partial charge in [0.1, 0.15) is 4.99 Å². The highest BCUT2D eigenvalue weighted by Crippen LogP contribution is 2.19. The second-order valence-electron chi connectivity index (χ2n) is 4.70. The van der Waals surface area contributed by atoms with Crippen LogP contribution in [0.2, 0.25) is 0 Å². The van der Waals surface area contributed by atoms with Gasteiger partial charge in [-0.3, -0.25) is 0 Å². The molecule has 0 fully saturated rings. The van der Waals surface area contributed by atoms with Crippen molar-refractivity contribution in [2.75, 3.05) is 5.32 Å². The summed E-state index contributed by atoms with van der Waals surface area (Å²) in [4.78, 5) is 0.444. The van der Waals surface area contributed by atoms with E-state index < -0.39 is 0 Å². The van der Waals surface area contributed by atoms with Crippen LogP contribution < -0.4 is 11.1 Å². The summed E-state index contributed by atoms with van der Waals surface area (Å²) in [6, 6.07) is 7.94. The first kappa shape index (κ1) is 13.0. The van der Waals surface area contributed by atoms with Gasteiger partial charge in [0.2, 0.25) is 0 Å². The number of thiocarbonyl (C=S) groups is 1. The number of nitrogens with one attached hydrogen (secondary N) is 1. The van der Waals surface area contributed by atoms with Gasteiger partial charge in [0.05, 0.1) is 0 Å². The maximum absolute atomic E-state index is 5.55. The van der Waals surface area contributed by atoms with E-state index in [9.17, 15) is 0 Å². The molecule has 0 unspecified atom stereocenters. The molecule has 0 spiro atoms. The third-order valence-corrected chi connectivity index (χ3v) is 2.76. The van der Waals surface area contributed by atoms with Gasteiger partial charge in [-0.05, 0) is 44.5 Å². The molecule has 0 amide bonds. The van der Waals surface area contributed by atoms with Crippen molar-refractivity contribution < 1.29 is 0 Å². The van der Waals surface area contributed by atoms with Crippen LogP contribution in [0, 0.1) is 0 Å². The Kier molecular flexibility index (Phi) is 4.30. The van der Waals surface area contributed by atoms with Gasteiger partial charge in [0.15, 0.2) is 0 Å². The number of nitrogens with two attached hydrogens (primary N) is 1. The summed E-state index contributed by atoms with van der Waals surface area (Å²) >= 11 is 4.91. The normalized spacial score (nSPS) is 11.2. The van der Waals surface area contributed by atoms with E-state index in [0.717, 1.165) is 17.7 Å². The first-order chi connectivity index (χ1) is 7.44. The summed E-state index contributed by atoms with van der Waals surface area (Å²) in [5.41, 5.74) is 7.69. The van der Waals surface area contributed by atoms with Crippen molar-refractivity contribution in [3.05, 3.63) is 29.8 Å². The molecule has 0 heterocycles. The van der Waals surface area contributed by atoms with Crippen LogP contribution >= 0.6 is 12.2 Å². The fourth-order valence-corrected chi connectivity index (χ4v) is 1.93. The first-order valence-corrected chi connectivity index (χ1v) is 6.03. The van der Waals surface area contributed by atoms with Crippen molar-refractivity contribution in [3.63, 3.8) is 0 Å². The quantitative estimate of drug-likeness (QED) is 0.770. The predicted molar refractivity (Wildman–Crippen MR) is 74.9 cm³/mol. The molecule has 0 aliphatic carbocycles. The average molecular weight is 236 g/mol. The molecule has 16 heavy (non-hydrogen) atoms. The Balaban J connectivity index is 2.72. The van der Waals surface area contributed by atoms with Crippen molar-refractivity contribution in [2.24, 2.45) is 5.73 Å². The fraction of sp³-hybridized carbons (Fsp3) is 0.462. The van der Waals surface area contributed by atoms with Crippen molar-refractivity contribution in [3.8, 4) is 0 Å². The second-order valence-corrected chi connectivity index (χ2v) is 5.14. The molecule has 2 nitrogen and oxygen atoms in total. The Labute approximate surface area is 103 Å². The van der Waals surface area contributed by atoms with Crippen LogP contribution in [-0.2, 0) is 0 Å². The first-order valence-electron chi connectivity index (χ1n) is 5.62. The van der Waals surface area contributed by atoms with Crippen LogP contribution in [0.25, 0.3) is 0 Å². The van der Waals surface area contributed by atoms with Crippen molar-refractivity contribution in [2.45, 2.75) is 39.2 Å². The molecule has 88 valence electrons. The van der Waals surface area contributed by atoms with Gasteiger partial charge >= 0.3 is 0 Å². The molecular formula is C13H20N2S. The van der Waals surface area contributed by atoms with E-state index in [1.807, 2.05) is 24.3 Å². The van der Waals surface area contributed by atoms with E-state index in [1.54, 1.807) is 0 Å². The smallest absolute Gasteiger partial charge is 0.103 e. The maximum atomic E-state index is 5.55. The van der Waals surface area contributed by atoms with Gasteiger partial charge in [-0.2, -0.15) is 0 Å². The average Bonchev–Trinajstić information content (AvgIpc) is 2.17. The summed E-state index contributed by atoms with van der Waals surface area (Å²) in [5, 5.41) is 3.50. The molecular weight excluding hydrogens is 216 g/mol. The molecule has 0 atom stereocenters. The molecule has 0 aliphatic heterocycles. The molecule has 1 aromatic carbocycles. The minimum absolute atomic E-state index is 0.124. The largest absolute Gasteiger partial charge is 0.389 e. The Morgan fingerprint density at radius 1 is 1.31 bits per heavy atom. The molecule has 0 saturated heterocycles. The van der Waals surface area contributed by atoms with E-state index in [4.69, 9.17) is 18.0 Å². The van der Waals surface area contributed by atoms with E-state index in [0.29, 0.717) is 4.99 Å². The zero-order valence-electron chi connectivity index (χ0n) is 10.2. The number of anilines is 1. The number of rotatable bonds is 5. The summed E-state index contributed by atoms with van der Waals surface area (Å²) in [5.74, 6) is 0. The van der Waals surface area contributed by atoms with Crippen LogP contribution in [-0.4, -0.2) is 10.5 Å². The lowest BCUT2D eigenvalue weighted by atomic mass is 9.98. The zero-order chi connectivity index (χ0) is 12.2. The lowest BCUT2D eigenvalue weighted by Gasteiger charge is -2.27. The molecule has 1 aromatic rings. The molecule has 0 radical (unpaired) electrons. The third-order valence-electron chi connectivity index (χ3n) is 2.53. The van der Waals surface area contributed by atoms with Gasteiger partial charge < -0.3 is 11.1 Å². The van der Waals surface area contributed by atoms with Gasteiger partial charge in [-0.15, -0.1) is 0 Å². The number of benzene rings is 1. The van der Waals surface area contributed by atoms with Crippen LogP contribution in [0.4, 0.5) is 5.69 Å². The molecule has 0 saturated carbocycles. The summed E-state index contributed by atoms with van der Waals surface area (Å²) < 4.78 is 0. The van der Waals surface area contributed by atoms with Crippen molar-refractivity contribution in [1.29, 1.82) is 0 Å². The highest BCUT2D eigenvalue weighted by molar-refractivity contribution is 7.80. The monoisotopic (exact) mass is 236 g/mol. The Morgan fingerprint density at radius 3 is 2.31 bits per heavy atom. The molecule has 3 N–H and O–H groups in total.